The van der Waals surface area contributed by atoms with E-state index in [0.717, 1.165) is 32.3 Å². The summed E-state index contributed by atoms with van der Waals surface area (Å²) in [4.78, 5) is 8.40. The Morgan fingerprint density at radius 1 is 0.957 bits per heavy atom. The molecule has 4 rings (SSSR count). The molecule has 0 spiro atoms. The van der Waals surface area contributed by atoms with Crippen LogP contribution in [0.15, 0.2) is 71.5 Å². The second kappa shape index (κ2) is 5.80. The van der Waals surface area contributed by atoms with Gasteiger partial charge in [0.05, 0.1) is 15.7 Å². The third kappa shape index (κ3) is 2.54. The molecule has 0 saturated heterocycles. The fraction of sp³-hybridized carbons (Fsp3) is 0. The van der Waals surface area contributed by atoms with Crippen LogP contribution in [0.1, 0.15) is 0 Å². The molecular weight excluding hydrogens is 374 g/mol. The average Bonchev–Trinajstić information content (AvgIpc) is 2.97. The van der Waals surface area contributed by atoms with Gasteiger partial charge >= 0.3 is 0 Å². The summed E-state index contributed by atoms with van der Waals surface area (Å²) in [5.41, 5.74) is 4.03. The molecule has 0 unspecified atom stereocenters. The first-order valence-electron chi connectivity index (χ1n) is 7.08. The van der Waals surface area contributed by atoms with Crippen molar-refractivity contribution >= 4 is 38.4 Å². The van der Waals surface area contributed by atoms with Gasteiger partial charge < -0.3 is 4.57 Å². The number of hydrogen-bond acceptors (Lipinski definition) is 2. The van der Waals surface area contributed by atoms with Crippen molar-refractivity contribution in [2.75, 3.05) is 0 Å². The molecule has 0 bridgehead atoms. The fourth-order valence-electron chi connectivity index (χ4n) is 2.71. The largest absolute Gasteiger partial charge is 0.316 e. The quantitative estimate of drug-likeness (QED) is 0.427. The van der Waals surface area contributed by atoms with Gasteiger partial charge in [-0.1, -0.05) is 36.4 Å². The Kier molecular flexibility index (Phi) is 3.63. The zero-order valence-corrected chi connectivity index (χ0v) is 14.3. The van der Waals surface area contributed by atoms with E-state index in [-0.39, 0.29) is 5.28 Å². The first kappa shape index (κ1) is 14.4. The topological polar surface area (TPSA) is 30.7 Å². The lowest BCUT2D eigenvalue weighted by atomic mass is 10.1. The van der Waals surface area contributed by atoms with Gasteiger partial charge in [-0.25, -0.2) is 9.97 Å². The lowest BCUT2D eigenvalue weighted by Gasteiger charge is -2.04. The summed E-state index contributed by atoms with van der Waals surface area (Å²) in [7, 11) is 0. The van der Waals surface area contributed by atoms with E-state index >= 15 is 0 Å². The molecule has 0 aliphatic carbocycles. The minimum atomic E-state index is 0.236. The number of aromatic nitrogens is 3. The van der Waals surface area contributed by atoms with Crippen molar-refractivity contribution in [1.29, 1.82) is 0 Å². The molecule has 112 valence electrons. The highest BCUT2D eigenvalue weighted by atomic mass is 79.9. The maximum absolute atomic E-state index is 5.99. The molecule has 0 aliphatic heterocycles. The molecule has 2 aromatic carbocycles. The Hall–Kier alpha value is -2.17. The van der Waals surface area contributed by atoms with E-state index in [2.05, 4.69) is 60.9 Å². The first-order chi connectivity index (χ1) is 11.2. The van der Waals surface area contributed by atoms with Crippen LogP contribution in [0.5, 0.6) is 0 Å². The number of benzene rings is 2. The zero-order valence-electron chi connectivity index (χ0n) is 11.9. The highest BCUT2D eigenvalue weighted by Crippen LogP contribution is 2.35. The average molecular weight is 385 g/mol. The van der Waals surface area contributed by atoms with E-state index in [4.69, 9.17) is 11.6 Å². The molecule has 0 fully saturated rings. The lowest BCUT2D eigenvalue weighted by molar-refractivity contribution is 1.12. The van der Waals surface area contributed by atoms with Gasteiger partial charge in [0.15, 0.2) is 0 Å². The van der Waals surface area contributed by atoms with Crippen LogP contribution < -0.4 is 0 Å². The molecule has 3 nitrogen and oxygen atoms in total. The van der Waals surface area contributed by atoms with Gasteiger partial charge in [-0.2, -0.15) is 0 Å². The first-order valence-corrected chi connectivity index (χ1v) is 8.25. The SMILES string of the molecule is Clc1ncc(Br)c(-c2cn(-c3ccccc3)c3ccccc23)n1. The van der Waals surface area contributed by atoms with Crippen molar-refractivity contribution in [2.45, 2.75) is 0 Å². The molecule has 0 atom stereocenters. The maximum Gasteiger partial charge on any atom is 0.222 e. The molecule has 5 heteroatoms. The molecule has 0 radical (unpaired) electrons. The highest BCUT2D eigenvalue weighted by Gasteiger charge is 2.15. The van der Waals surface area contributed by atoms with Gasteiger partial charge in [-0.05, 0) is 45.7 Å². The fourth-order valence-corrected chi connectivity index (χ4v) is 3.24. The van der Waals surface area contributed by atoms with E-state index in [9.17, 15) is 0 Å². The Morgan fingerprint density at radius 3 is 2.52 bits per heavy atom. The number of fused-ring (bicyclic) bond motifs is 1. The standard InChI is InChI=1S/C18H11BrClN3/c19-15-10-21-18(20)22-17(15)14-11-23(12-6-2-1-3-7-12)16-9-5-4-8-13(14)16/h1-11H. The number of rotatable bonds is 2. The molecule has 0 N–H and O–H groups in total. The molecule has 0 saturated carbocycles. The molecular formula is C18H11BrClN3. The number of nitrogens with zero attached hydrogens (tertiary/aromatic N) is 3. The summed E-state index contributed by atoms with van der Waals surface area (Å²) in [6, 6.07) is 18.5. The van der Waals surface area contributed by atoms with E-state index in [0.29, 0.717) is 0 Å². The summed E-state index contributed by atoms with van der Waals surface area (Å²) in [5, 5.41) is 1.35. The maximum atomic E-state index is 5.99. The lowest BCUT2D eigenvalue weighted by Crippen LogP contribution is -1.91. The van der Waals surface area contributed by atoms with Crippen molar-refractivity contribution in [3.63, 3.8) is 0 Å². The van der Waals surface area contributed by atoms with Gasteiger partial charge in [-0.15, -0.1) is 0 Å². The van der Waals surface area contributed by atoms with Gasteiger partial charge in [0.2, 0.25) is 5.28 Å². The van der Waals surface area contributed by atoms with Crippen LogP contribution in [0.2, 0.25) is 5.28 Å². The summed E-state index contributed by atoms with van der Waals surface area (Å²) in [5.74, 6) is 0. The number of hydrogen-bond donors (Lipinski definition) is 0. The second-order valence-electron chi connectivity index (χ2n) is 5.10. The van der Waals surface area contributed by atoms with Crippen molar-refractivity contribution in [1.82, 2.24) is 14.5 Å². The normalized spacial score (nSPS) is 11.0. The Bertz CT molecular complexity index is 996. The van der Waals surface area contributed by atoms with Gasteiger partial charge in [0, 0.05) is 29.0 Å². The van der Waals surface area contributed by atoms with Crippen molar-refractivity contribution < 1.29 is 0 Å². The Labute approximate surface area is 146 Å². The highest BCUT2D eigenvalue weighted by molar-refractivity contribution is 9.10. The molecule has 2 aromatic heterocycles. The predicted molar refractivity (Wildman–Crippen MR) is 97.0 cm³/mol. The monoisotopic (exact) mass is 383 g/mol. The van der Waals surface area contributed by atoms with Crippen LogP contribution >= 0.6 is 27.5 Å². The van der Waals surface area contributed by atoms with Gasteiger partial charge in [0.1, 0.15) is 0 Å². The third-order valence-electron chi connectivity index (χ3n) is 3.72. The van der Waals surface area contributed by atoms with E-state index in [1.807, 2.05) is 30.3 Å². The van der Waals surface area contributed by atoms with Crippen molar-refractivity contribution in [2.24, 2.45) is 0 Å². The minimum Gasteiger partial charge on any atom is -0.316 e. The van der Waals surface area contributed by atoms with E-state index < -0.39 is 0 Å². The number of para-hydroxylation sites is 2. The van der Waals surface area contributed by atoms with Crippen LogP contribution in [0.25, 0.3) is 27.8 Å². The van der Waals surface area contributed by atoms with Gasteiger partial charge in [-0.3, -0.25) is 0 Å². The van der Waals surface area contributed by atoms with E-state index in [1.165, 1.54) is 0 Å². The molecule has 0 aliphatic rings. The summed E-state index contributed by atoms with van der Waals surface area (Å²) >= 11 is 9.52. The minimum absolute atomic E-state index is 0.236. The van der Waals surface area contributed by atoms with Crippen molar-refractivity contribution in [3.05, 3.63) is 76.7 Å². The zero-order chi connectivity index (χ0) is 15.8. The second-order valence-corrected chi connectivity index (χ2v) is 6.29. The third-order valence-corrected chi connectivity index (χ3v) is 4.48. The molecule has 2 heterocycles. The van der Waals surface area contributed by atoms with Crippen LogP contribution in [0.3, 0.4) is 0 Å². The van der Waals surface area contributed by atoms with Crippen LogP contribution in [-0.4, -0.2) is 14.5 Å². The van der Waals surface area contributed by atoms with Crippen LogP contribution in [0, 0.1) is 0 Å². The van der Waals surface area contributed by atoms with Crippen LogP contribution in [-0.2, 0) is 0 Å². The predicted octanol–water partition coefficient (Wildman–Crippen LogP) is 5.50. The summed E-state index contributed by atoms with van der Waals surface area (Å²) in [6.45, 7) is 0. The Balaban J connectivity index is 2.04. The number of halogens is 2. The van der Waals surface area contributed by atoms with E-state index in [1.54, 1.807) is 6.20 Å². The van der Waals surface area contributed by atoms with Crippen LogP contribution in [0.4, 0.5) is 0 Å². The Morgan fingerprint density at radius 2 is 1.70 bits per heavy atom. The summed E-state index contributed by atoms with van der Waals surface area (Å²) < 4.78 is 2.98. The smallest absolute Gasteiger partial charge is 0.222 e. The van der Waals surface area contributed by atoms with Crippen molar-refractivity contribution in [3.8, 4) is 16.9 Å². The molecule has 0 amide bonds. The van der Waals surface area contributed by atoms with Gasteiger partial charge in [0.25, 0.3) is 0 Å². The summed E-state index contributed by atoms with van der Waals surface area (Å²) in [6.07, 6.45) is 3.77. The molecule has 23 heavy (non-hydrogen) atoms. The molecule has 4 aromatic rings.